The van der Waals surface area contributed by atoms with E-state index in [-0.39, 0.29) is 24.4 Å². The number of hydrogen-bond donors (Lipinski definition) is 1. The van der Waals surface area contributed by atoms with Crippen molar-refractivity contribution in [2.45, 2.75) is 32.0 Å². The summed E-state index contributed by atoms with van der Waals surface area (Å²) < 4.78 is 34.8. The summed E-state index contributed by atoms with van der Waals surface area (Å²) in [6.45, 7) is 2.09. The number of nitrogens with zero attached hydrogens (tertiary/aromatic N) is 3. The molecule has 0 saturated carbocycles. The summed E-state index contributed by atoms with van der Waals surface area (Å²) in [5.41, 5.74) is 1.68. The maximum Gasteiger partial charge on any atom is 0.323 e. The maximum atomic E-state index is 14.5. The third-order valence-corrected chi connectivity index (χ3v) is 5.47. The average Bonchev–Trinajstić information content (AvgIpc) is 3.20. The molecule has 0 bridgehead atoms. The minimum Gasteiger partial charge on any atom is -0.468 e. The quantitative estimate of drug-likeness (QED) is 0.767. The number of ether oxygens (including phenoxy) is 1. The first-order valence-electron chi connectivity index (χ1n) is 9.25. The lowest BCUT2D eigenvalue weighted by Crippen LogP contribution is -2.36. The molecule has 1 saturated heterocycles. The first-order valence-corrected chi connectivity index (χ1v) is 9.25. The zero-order chi connectivity index (χ0) is 21.3. The van der Waals surface area contributed by atoms with Crippen molar-refractivity contribution in [2.75, 3.05) is 14.2 Å². The highest BCUT2D eigenvalue weighted by molar-refractivity contribution is 5.83. The van der Waals surface area contributed by atoms with Gasteiger partial charge in [0, 0.05) is 30.9 Å². The molecule has 1 aromatic carbocycles. The molecule has 2 aromatic rings. The zero-order valence-corrected chi connectivity index (χ0v) is 16.8. The molecule has 3 rings (SSSR count). The summed E-state index contributed by atoms with van der Waals surface area (Å²) in [4.78, 5) is 26.7. The van der Waals surface area contributed by atoms with E-state index in [1.807, 2.05) is 6.92 Å². The summed E-state index contributed by atoms with van der Waals surface area (Å²) in [5.74, 6) is -3.64. The monoisotopic (exact) mass is 406 g/mol. The van der Waals surface area contributed by atoms with Crippen LogP contribution in [0.3, 0.4) is 0 Å². The SMILES string of the molecule is COC(=O)[C@@H]1C[C@H](C(=O)NCc2cn(C)nc2C)[C@H](c2cccc(F)c2F)N1C. The number of carbonyl (C=O) groups excluding carboxylic acids is 2. The normalized spacial score (nSPS) is 21.9. The number of likely N-dealkylation sites (tertiary alicyclic amines) is 1. The Hall–Kier alpha value is -2.81. The van der Waals surface area contributed by atoms with E-state index in [0.29, 0.717) is 0 Å². The van der Waals surface area contributed by atoms with Gasteiger partial charge in [-0.25, -0.2) is 8.78 Å². The third kappa shape index (κ3) is 4.00. The smallest absolute Gasteiger partial charge is 0.323 e. The molecular formula is C20H24F2N4O3. The number of likely N-dealkylation sites (N-methyl/N-ethyl adjacent to an activating group) is 1. The summed E-state index contributed by atoms with van der Waals surface area (Å²) in [7, 11) is 4.65. The van der Waals surface area contributed by atoms with Crippen LogP contribution in [0.4, 0.5) is 8.78 Å². The molecule has 0 radical (unpaired) electrons. The van der Waals surface area contributed by atoms with Crippen molar-refractivity contribution in [2.24, 2.45) is 13.0 Å². The number of rotatable bonds is 5. The number of benzene rings is 1. The van der Waals surface area contributed by atoms with Crippen LogP contribution < -0.4 is 5.32 Å². The van der Waals surface area contributed by atoms with E-state index < -0.39 is 35.6 Å². The van der Waals surface area contributed by atoms with Crippen molar-refractivity contribution >= 4 is 11.9 Å². The fourth-order valence-corrected chi connectivity index (χ4v) is 3.98. The van der Waals surface area contributed by atoms with E-state index in [0.717, 1.165) is 17.3 Å². The van der Waals surface area contributed by atoms with Crippen LogP contribution in [0.2, 0.25) is 0 Å². The van der Waals surface area contributed by atoms with E-state index in [9.17, 15) is 18.4 Å². The van der Waals surface area contributed by atoms with Crippen LogP contribution in [0.15, 0.2) is 24.4 Å². The molecule has 1 amide bonds. The minimum absolute atomic E-state index is 0.0385. The van der Waals surface area contributed by atoms with Crippen molar-refractivity contribution in [1.82, 2.24) is 20.0 Å². The molecule has 1 aromatic heterocycles. The van der Waals surface area contributed by atoms with Gasteiger partial charge in [0.1, 0.15) is 6.04 Å². The Balaban J connectivity index is 1.88. The van der Waals surface area contributed by atoms with Crippen LogP contribution in [0.5, 0.6) is 0 Å². The number of aromatic nitrogens is 2. The van der Waals surface area contributed by atoms with Gasteiger partial charge in [0.15, 0.2) is 11.6 Å². The standard InChI is InChI=1S/C20H24F2N4O3/c1-11-12(10-25(2)24-11)9-23-19(27)14-8-16(20(28)29-4)26(3)18(14)13-6-5-7-15(21)17(13)22/h5-7,10,14,16,18H,8-9H2,1-4H3,(H,23,27)/t14-,16-,18-/m0/s1. The molecule has 1 N–H and O–H groups in total. The second kappa shape index (κ2) is 8.28. The molecule has 29 heavy (non-hydrogen) atoms. The molecule has 0 aliphatic carbocycles. The van der Waals surface area contributed by atoms with Crippen LogP contribution in [0.25, 0.3) is 0 Å². The van der Waals surface area contributed by atoms with Gasteiger partial charge >= 0.3 is 5.97 Å². The van der Waals surface area contributed by atoms with Crippen LogP contribution in [0.1, 0.15) is 29.3 Å². The van der Waals surface area contributed by atoms with Crippen LogP contribution in [-0.2, 0) is 27.9 Å². The number of hydrogen-bond acceptors (Lipinski definition) is 5. The second-order valence-electron chi connectivity index (χ2n) is 7.27. The van der Waals surface area contributed by atoms with Crippen LogP contribution in [0, 0.1) is 24.5 Å². The van der Waals surface area contributed by atoms with Crippen molar-refractivity contribution < 1.29 is 23.1 Å². The van der Waals surface area contributed by atoms with Crippen LogP contribution in [-0.4, -0.2) is 46.8 Å². The second-order valence-corrected chi connectivity index (χ2v) is 7.27. The third-order valence-electron chi connectivity index (χ3n) is 5.47. The molecule has 0 spiro atoms. The Morgan fingerprint density at radius 2 is 2.03 bits per heavy atom. The molecule has 1 fully saturated rings. The fourth-order valence-electron chi connectivity index (χ4n) is 3.98. The Morgan fingerprint density at radius 3 is 2.66 bits per heavy atom. The topological polar surface area (TPSA) is 76.5 Å². The average molecular weight is 406 g/mol. The van der Waals surface area contributed by atoms with Gasteiger partial charge < -0.3 is 10.1 Å². The van der Waals surface area contributed by atoms with Crippen molar-refractivity contribution in [3.8, 4) is 0 Å². The number of esters is 1. The molecule has 1 aliphatic rings. The number of nitrogens with one attached hydrogen (secondary N) is 1. The number of methoxy groups -OCH3 is 1. The van der Waals surface area contributed by atoms with E-state index in [4.69, 9.17) is 4.74 Å². The molecule has 3 atom stereocenters. The number of aryl methyl sites for hydroxylation is 2. The fraction of sp³-hybridized carbons (Fsp3) is 0.450. The van der Waals surface area contributed by atoms with Gasteiger partial charge in [0.05, 0.1) is 24.8 Å². The highest BCUT2D eigenvalue weighted by Crippen LogP contribution is 2.41. The number of amides is 1. The van der Waals surface area contributed by atoms with E-state index >= 15 is 0 Å². The summed E-state index contributed by atoms with van der Waals surface area (Å²) in [5, 5.41) is 7.07. The van der Waals surface area contributed by atoms with Gasteiger partial charge in [-0.05, 0) is 26.5 Å². The van der Waals surface area contributed by atoms with Gasteiger partial charge in [-0.2, -0.15) is 5.10 Å². The van der Waals surface area contributed by atoms with Crippen molar-refractivity contribution in [1.29, 1.82) is 0 Å². The molecule has 9 heteroatoms. The minimum atomic E-state index is -1.02. The highest BCUT2D eigenvalue weighted by atomic mass is 19.2. The van der Waals surface area contributed by atoms with E-state index in [2.05, 4.69) is 10.4 Å². The largest absolute Gasteiger partial charge is 0.468 e. The van der Waals surface area contributed by atoms with Gasteiger partial charge in [-0.15, -0.1) is 0 Å². The van der Waals surface area contributed by atoms with Crippen LogP contribution >= 0.6 is 0 Å². The summed E-state index contributed by atoms with van der Waals surface area (Å²) in [6.07, 6.45) is 1.94. The van der Waals surface area contributed by atoms with Gasteiger partial charge in [-0.3, -0.25) is 19.2 Å². The first-order chi connectivity index (χ1) is 13.7. The van der Waals surface area contributed by atoms with Crippen molar-refractivity contribution in [3.63, 3.8) is 0 Å². The Kier molecular flexibility index (Phi) is 5.97. The van der Waals surface area contributed by atoms with E-state index in [1.54, 1.807) is 29.9 Å². The van der Waals surface area contributed by atoms with E-state index in [1.165, 1.54) is 19.2 Å². The van der Waals surface area contributed by atoms with Gasteiger partial charge in [-0.1, -0.05) is 12.1 Å². The van der Waals surface area contributed by atoms with Gasteiger partial charge in [0.25, 0.3) is 0 Å². The molecule has 2 heterocycles. The lowest BCUT2D eigenvalue weighted by Gasteiger charge is -2.27. The molecule has 0 unspecified atom stereocenters. The Labute approximate surface area is 167 Å². The Morgan fingerprint density at radius 1 is 1.31 bits per heavy atom. The molecular weight excluding hydrogens is 382 g/mol. The molecule has 7 nitrogen and oxygen atoms in total. The highest BCUT2D eigenvalue weighted by Gasteiger charge is 2.48. The summed E-state index contributed by atoms with van der Waals surface area (Å²) >= 11 is 0. The number of carbonyl (C=O) groups is 2. The molecule has 156 valence electrons. The number of halogens is 2. The summed E-state index contributed by atoms with van der Waals surface area (Å²) in [6, 6.07) is 2.31. The van der Waals surface area contributed by atoms with Crippen molar-refractivity contribution in [3.05, 3.63) is 52.9 Å². The lowest BCUT2D eigenvalue weighted by molar-refractivity contribution is -0.145. The lowest BCUT2D eigenvalue weighted by atomic mass is 9.91. The zero-order valence-electron chi connectivity index (χ0n) is 16.8. The van der Waals surface area contributed by atoms with Gasteiger partial charge in [0.2, 0.25) is 5.91 Å². The first kappa shape index (κ1) is 20.9. The Bertz CT molecular complexity index is 930. The molecule has 1 aliphatic heterocycles. The maximum absolute atomic E-state index is 14.5. The predicted octanol–water partition coefficient (Wildman–Crippen LogP) is 1.86. The predicted molar refractivity (Wildman–Crippen MR) is 101 cm³/mol.